The van der Waals surface area contributed by atoms with Gasteiger partial charge in [0.05, 0.1) is 23.5 Å². The molecule has 3 aromatic heterocycles. The van der Waals surface area contributed by atoms with E-state index in [0.29, 0.717) is 33.2 Å². The fourth-order valence-electron chi connectivity index (χ4n) is 8.02. The molecule has 0 spiro atoms. The third-order valence-electron chi connectivity index (χ3n) is 10.8. The normalized spacial score (nSPS) is 13.1. The third kappa shape index (κ3) is 6.12. The zero-order chi connectivity index (χ0) is 44.7. The Labute approximate surface area is 353 Å². The molecule has 0 bridgehead atoms. The number of hydrogen-bond donors (Lipinski definition) is 0. The Hall–Kier alpha value is -7.42. The van der Waals surface area contributed by atoms with Gasteiger partial charge in [-0.1, -0.05) is 152 Å². The van der Waals surface area contributed by atoms with Crippen LogP contribution in [0.1, 0.15) is 12.4 Å². The molecule has 4 nitrogen and oxygen atoms in total. The lowest BCUT2D eigenvalue weighted by atomic mass is 9.97. The van der Waals surface area contributed by atoms with Crippen molar-refractivity contribution < 1.29 is 20.0 Å². The molecule has 0 fully saturated rings. The number of fused-ring (bicyclic) bond motifs is 6. The quantitative estimate of drug-likeness (QED) is 0.168. The number of aromatic nitrogens is 4. The Bertz CT molecular complexity index is 3690. The first-order valence-corrected chi connectivity index (χ1v) is 19.9. The monoisotopic (exact) mass is 805 g/mol. The van der Waals surface area contributed by atoms with Crippen molar-refractivity contribution in [3.63, 3.8) is 0 Å². The molecule has 11 aromatic rings. The van der Waals surface area contributed by atoms with Gasteiger partial charge >= 0.3 is 6.18 Å². The minimum Gasteiger partial charge on any atom is -0.309 e. The number of thiophene rings is 1. The van der Waals surface area contributed by atoms with Gasteiger partial charge < -0.3 is 4.57 Å². The van der Waals surface area contributed by atoms with Crippen LogP contribution in [-0.4, -0.2) is 19.5 Å². The second kappa shape index (κ2) is 14.1. The van der Waals surface area contributed by atoms with E-state index < -0.39 is 42.0 Å². The summed E-state index contributed by atoms with van der Waals surface area (Å²) in [6.07, 6.45) is -4.60. The first kappa shape index (κ1) is 30.6. The number of hydrogen-bond acceptors (Lipinski definition) is 4. The van der Waals surface area contributed by atoms with Crippen LogP contribution in [0.4, 0.5) is 13.2 Å². The molecule has 0 unspecified atom stereocenters. The second-order valence-electron chi connectivity index (χ2n) is 14.4. The minimum absolute atomic E-state index is 0.129. The van der Waals surface area contributed by atoms with Crippen LogP contribution in [0.3, 0.4) is 0 Å². The molecule has 0 N–H and O–H groups in total. The second-order valence-corrected chi connectivity index (χ2v) is 15.4. The lowest BCUT2D eigenvalue weighted by Crippen LogP contribution is -2.05. The zero-order valence-corrected chi connectivity index (χ0v) is 32.2. The zero-order valence-electron chi connectivity index (χ0n) is 36.3. The highest BCUT2D eigenvalue weighted by atomic mass is 32.1. The van der Waals surface area contributed by atoms with Crippen molar-refractivity contribution in [2.45, 2.75) is 6.18 Å². The fourth-order valence-corrected chi connectivity index (χ4v) is 9.34. The molecule has 0 aliphatic carbocycles. The van der Waals surface area contributed by atoms with Gasteiger partial charge in [-0.2, -0.15) is 13.2 Å². The Morgan fingerprint density at radius 1 is 0.450 bits per heavy atom. The van der Waals surface area contributed by atoms with Gasteiger partial charge in [-0.05, 0) is 58.7 Å². The van der Waals surface area contributed by atoms with Gasteiger partial charge in [0.2, 0.25) is 0 Å². The van der Waals surface area contributed by atoms with E-state index in [0.717, 1.165) is 53.9 Å². The SMILES string of the molecule is [2H]c1c([2H])c([2H])c(-c2nc(-c3ccccc3)nc(-c3cc(-n4c5ccccc5c5ccc(C(F)(F)F)cc54)cc4c3sc3c(-c5cccc(-c6ccccc6)c5)cccc34)n2)c([2H])c1[2H]. The molecular weight excluding hydrogens is 770 g/mol. The van der Waals surface area contributed by atoms with Gasteiger partial charge in [0.15, 0.2) is 17.5 Å². The number of rotatable bonds is 6. The molecular formula is C52H31F3N4S. The van der Waals surface area contributed by atoms with Gasteiger partial charge in [0.25, 0.3) is 0 Å². The summed E-state index contributed by atoms with van der Waals surface area (Å²) in [5, 5.41) is 3.10. The molecule has 8 heteroatoms. The van der Waals surface area contributed by atoms with Crippen LogP contribution in [0, 0.1) is 0 Å². The van der Waals surface area contributed by atoms with Gasteiger partial charge in [-0.15, -0.1) is 11.3 Å². The number of para-hydroxylation sites is 1. The highest BCUT2D eigenvalue weighted by Crippen LogP contribution is 2.46. The Kier molecular flexibility index (Phi) is 7.22. The standard InChI is InChI=1S/C52H31F3N4S/c53-52(54,55)37-26-27-41-40-22-10-11-25-45(40)59(46(41)29-37)38-30-43-42-24-13-23-39(36-21-12-20-35(28-36)32-14-4-1-5-15-32)47(42)60-48(43)44(31-38)51-57-49(33-16-6-2-7-17-33)56-50(58-51)34-18-8-3-9-19-34/h1-31H/i2D,6D,7D,16D,17D. The minimum atomic E-state index is -4.60. The van der Waals surface area contributed by atoms with Crippen molar-refractivity contribution in [1.82, 2.24) is 19.5 Å². The summed E-state index contributed by atoms with van der Waals surface area (Å²) in [4.78, 5) is 14.7. The van der Waals surface area contributed by atoms with Crippen LogP contribution in [0.25, 0.3) is 104 Å². The Morgan fingerprint density at radius 3 is 1.85 bits per heavy atom. The summed E-state index contributed by atoms with van der Waals surface area (Å²) >= 11 is 1.52. The molecule has 3 heterocycles. The number of benzene rings is 8. The van der Waals surface area contributed by atoms with Crippen LogP contribution in [0.5, 0.6) is 0 Å². The molecule has 0 saturated carbocycles. The molecule has 0 radical (unpaired) electrons. The first-order chi connectivity index (χ1) is 31.4. The maximum Gasteiger partial charge on any atom is 0.416 e. The highest BCUT2D eigenvalue weighted by Gasteiger charge is 2.31. The molecule has 0 atom stereocenters. The van der Waals surface area contributed by atoms with Crippen LogP contribution < -0.4 is 0 Å². The van der Waals surface area contributed by atoms with E-state index in [1.165, 1.54) is 23.5 Å². The summed E-state index contributed by atoms with van der Waals surface area (Å²) in [6.45, 7) is 0. The molecule has 60 heavy (non-hydrogen) atoms. The van der Waals surface area contributed by atoms with Crippen molar-refractivity contribution in [2.24, 2.45) is 0 Å². The fraction of sp³-hybridized carbons (Fsp3) is 0.0192. The molecule has 0 saturated heterocycles. The summed E-state index contributed by atoms with van der Waals surface area (Å²) in [5.41, 5.74) is 5.79. The van der Waals surface area contributed by atoms with Gasteiger partial charge in [-0.3, -0.25) is 0 Å². The predicted octanol–water partition coefficient (Wildman–Crippen LogP) is 14.7. The topological polar surface area (TPSA) is 43.6 Å². The van der Waals surface area contributed by atoms with Crippen LogP contribution in [0.2, 0.25) is 0 Å². The van der Waals surface area contributed by atoms with Crippen LogP contribution in [-0.2, 0) is 6.18 Å². The smallest absolute Gasteiger partial charge is 0.309 e. The van der Waals surface area contributed by atoms with Crippen molar-refractivity contribution in [2.75, 3.05) is 0 Å². The number of nitrogens with zero attached hydrogens (tertiary/aromatic N) is 4. The van der Waals surface area contributed by atoms with Crippen LogP contribution >= 0.6 is 11.3 Å². The average molecular weight is 806 g/mol. The van der Waals surface area contributed by atoms with Crippen molar-refractivity contribution in [1.29, 1.82) is 0 Å². The molecule has 0 aliphatic rings. The van der Waals surface area contributed by atoms with E-state index in [1.54, 1.807) is 0 Å². The van der Waals surface area contributed by atoms with E-state index in [9.17, 15) is 13.2 Å². The highest BCUT2D eigenvalue weighted by molar-refractivity contribution is 7.26. The van der Waals surface area contributed by atoms with Gasteiger partial charge in [-0.25, -0.2) is 15.0 Å². The lowest BCUT2D eigenvalue weighted by Gasteiger charge is -2.14. The maximum atomic E-state index is 14.4. The summed E-state index contributed by atoms with van der Waals surface area (Å²) in [7, 11) is 0. The predicted molar refractivity (Wildman–Crippen MR) is 239 cm³/mol. The molecule has 8 aromatic carbocycles. The Balaban J connectivity index is 1.25. The third-order valence-corrected chi connectivity index (χ3v) is 12.0. The molecule has 0 aliphatic heterocycles. The van der Waals surface area contributed by atoms with E-state index >= 15 is 0 Å². The summed E-state index contributed by atoms with van der Waals surface area (Å²) < 4.78 is 89.9. The van der Waals surface area contributed by atoms with E-state index in [1.807, 2.05) is 108 Å². The average Bonchev–Trinajstić information content (AvgIpc) is 3.88. The van der Waals surface area contributed by atoms with E-state index in [2.05, 4.69) is 36.4 Å². The largest absolute Gasteiger partial charge is 0.416 e. The molecule has 0 amide bonds. The molecule has 11 rings (SSSR count). The Morgan fingerprint density at radius 2 is 1.07 bits per heavy atom. The maximum absolute atomic E-state index is 14.4. The van der Waals surface area contributed by atoms with Gasteiger partial charge in [0, 0.05) is 53.3 Å². The van der Waals surface area contributed by atoms with Crippen molar-refractivity contribution in [3.05, 3.63) is 194 Å². The number of alkyl halides is 3. The van der Waals surface area contributed by atoms with E-state index in [4.69, 9.17) is 21.8 Å². The van der Waals surface area contributed by atoms with Crippen LogP contribution in [0.15, 0.2) is 188 Å². The van der Waals surface area contributed by atoms with Crippen molar-refractivity contribution >= 4 is 53.3 Å². The van der Waals surface area contributed by atoms with Gasteiger partial charge in [0.1, 0.15) is 0 Å². The lowest BCUT2D eigenvalue weighted by molar-refractivity contribution is -0.137. The molecule has 286 valence electrons. The number of halogens is 3. The van der Waals surface area contributed by atoms with E-state index in [-0.39, 0.29) is 23.0 Å². The summed E-state index contributed by atoms with van der Waals surface area (Å²) in [6, 6.07) is 46.2. The summed E-state index contributed by atoms with van der Waals surface area (Å²) in [5.74, 6) is 0.209. The van der Waals surface area contributed by atoms with Crippen molar-refractivity contribution in [3.8, 4) is 62.1 Å². The first-order valence-electron chi connectivity index (χ1n) is 21.6.